The highest BCUT2D eigenvalue weighted by molar-refractivity contribution is 5.42. The van der Waals surface area contributed by atoms with Crippen molar-refractivity contribution in [1.29, 1.82) is 0 Å². The number of aromatic nitrogens is 2. The van der Waals surface area contributed by atoms with Crippen molar-refractivity contribution in [1.82, 2.24) is 14.9 Å². The highest BCUT2D eigenvalue weighted by Crippen LogP contribution is 2.50. The van der Waals surface area contributed by atoms with E-state index in [-0.39, 0.29) is 11.7 Å². The second kappa shape index (κ2) is 5.11. The molecule has 2 unspecified atom stereocenters. The SMILES string of the molecule is c1ccc2c(c1)C(c1cnccn1)OC21CCN(CC2CC2)C1. The van der Waals surface area contributed by atoms with Gasteiger partial charge < -0.3 is 4.74 Å². The summed E-state index contributed by atoms with van der Waals surface area (Å²) in [4.78, 5) is 11.3. The van der Waals surface area contributed by atoms with Gasteiger partial charge in [-0.3, -0.25) is 14.9 Å². The van der Waals surface area contributed by atoms with Crippen molar-refractivity contribution in [3.8, 4) is 0 Å². The van der Waals surface area contributed by atoms with Crippen LogP contribution in [0.15, 0.2) is 42.9 Å². The summed E-state index contributed by atoms with van der Waals surface area (Å²) in [6.07, 6.45) is 9.10. The molecule has 2 aromatic rings. The summed E-state index contributed by atoms with van der Waals surface area (Å²) in [6, 6.07) is 8.66. The van der Waals surface area contributed by atoms with Crippen LogP contribution in [0.25, 0.3) is 0 Å². The van der Waals surface area contributed by atoms with Gasteiger partial charge in [-0.05, 0) is 36.3 Å². The lowest BCUT2D eigenvalue weighted by atomic mass is 9.90. The molecule has 5 rings (SSSR count). The standard InChI is InChI=1S/C19H21N3O/c1-2-4-16-15(3-1)18(17-11-20-8-9-21-17)23-19(16)7-10-22(13-19)12-14-5-6-14/h1-4,8-9,11,14,18H,5-7,10,12-13H2. The largest absolute Gasteiger partial charge is 0.355 e. The summed E-state index contributed by atoms with van der Waals surface area (Å²) in [5, 5.41) is 0. The highest BCUT2D eigenvalue weighted by atomic mass is 16.5. The zero-order valence-corrected chi connectivity index (χ0v) is 13.2. The fourth-order valence-electron chi connectivity index (χ4n) is 4.15. The van der Waals surface area contributed by atoms with Crippen molar-refractivity contribution < 1.29 is 4.74 Å². The van der Waals surface area contributed by atoms with E-state index in [1.165, 1.54) is 30.5 Å². The molecule has 1 aliphatic carbocycles. The van der Waals surface area contributed by atoms with E-state index in [9.17, 15) is 0 Å². The molecule has 1 spiro atoms. The van der Waals surface area contributed by atoms with Gasteiger partial charge in [-0.15, -0.1) is 0 Å². The van der Waals surface area contributed by atoms with Crippen LogP contribution < -0.4 is 0 Å². The zero-order chi connectivity index (χ0) is 15.3. The molecule has 1 aromatic carbocycles. The van der Waals surface area contributed by atoms with E-state index in [0.717, 1.165) is 31.1 Å². The van der Waals surface area contributed by atoms with Gasteiger partial charge in [0, 0.05) is 32.0 Å². The van der Waals surface area contributed by atoms with Crippen molar-refractivity contribution in [2.24, 2.45) is 5.92 Å². The van der Waals surface area contributed by atoms with Crippen LogP contribution in [0.2, 0.25) is 0 Å². The van der Waals surface area contributed by atoms with Crippen LogP contribution in [0.3, 0.4) is 0 Å². The minimum Gasteiger partial charge on any atom is -0.355 e. The van der Waals surface area contributed by atoms with Gasteiger partial charge in [0.25, 0.3) is 0 Å². The first-order valence-corrected chi connectivity index (χ1v) is 8.60. The summed E-state index contributed by atoms with van der Waals surface area (Å²) in [5.41, 5.74) is 3.38. The molecule has 1 aromatic heterocycles. The van der Waals surface area contributed by atoms with Crippen molar-refractivity contribution in [3.05, 3.63) is 59.7 Å². The molecule has 3 heterocycles. The van der Waals surface area contributed by atoms with Crippen LogP contribution in [0.1, 0.15) is 42.2 Å². The number of benzene rings is 1. The van der Waals surface area contributed by atoms with Crippen LogP contribution in [-0.4, -0.2) is 34.5 Å². The van der Waals surface area contributed by atoms with Crippen LogP contribution in [0, 0.1) is 5.92 Å². The van der Waals surface area contributed by atoms with Crippen LogP contribution >= 0.6 is 0 Å². The van der Waals surface area contributed by atoms with Crippen LogP contribution in [0.4, 0.5) is 0 Å². The molecule has 0 bridgehead atoms. The average molecular weight is 307 g/mol. The van der Waals surface area contributed by atoms with E-state index in [2.05, 4.69) is 39.1 Å². The predicted molar refractivity (Wildman–Crippen MR) is 86.9 cm³/mol. The molecule has 3 aliphatic rings. The van der Waals surface area contributed by atoms with Gasteiger partial charge in [0.15, 0.2) is 0 Å². The van der Waals surface area contributed by atoms with Crippen molar-refractivity contribution in [2.45, 2.75) is 31.0 Å². The fourth-order valence-corrected chi connectivity index (χ4v) is 4.15. The second-order valence-corrected chi connectivity index (χ2v) is 7.14. The Morgan fingerprint density at radius 3 is 2.96 bits per heavy atom. The first-order chi connectivity index (χ1) is 11.3. The van der Waals surface area contributed by atoms with E-state index in [4.69, 9.17) is 4.74 Å². The third-order valence-electron chi connectivity index (χ3n) is 5.45. The summed E-state index contributed by atoms with van der Waals surface area (Å²) in [7, 11) is 0. The molecule has 0 radical (unpaired) electrons. The summed E-state index contributed by atoms with van der Waals surface area (Å²) < 4.78 is 6.65. The van der Waals surface area contributed by atoms with Crippen molar-refractivity contribution >= 4 is 0 Å². The summed E-state index contributed by atoms with van der Waals surface area (Å²) in [5.74, 6) is 0.928. The molecule has 0 amide bonds. The fraction of sp³-hybridized carbons (Fsp3) is 0.474. The van der Waals surface area contributed by atoms with Crippen LogP contribution in [-0.2, 0) is 10.3 Å². The minimum absolute atomic E-state index is 0.0826. The predicted octanol–water partition coefficient (Wildman–Crippen LogP) is 2.91. The zero-order valence-electron chi connectivity index (χ0n) is 13.2. The Morgan fingerprint density at radius 2 is 2.13 bits per heavy atom. The third kappa shape index (κ3) is 2.28. The van der Waals surface area contributed by atoms with E-state index in [1.54, 1.807) is 12.4 Å². The molecule has 23 heavy (non-hydrogen) atoms. The number of likely N-dealkylation sites (tertiary alicyclic amines) is 1. The Hall–Kier alpha value is -1.78. The number of ether oxygens (including phenoxy) is 1. The van der Waals surface area contributed by atoms with Gasteiger partial charge in [0.1, 0.15) is 11.7 Å². The van der Waals surface area contributed by atoms with E-state index in [1.807, 2.05) is 6.20 Å². The lowest BCUT2D eigenvalue weighted by Gasteiger charge is -2.26. The maximum Gasteiger partial charge on any atom is 0.128 e. The average Bonchev–Trinajstić information content (AvgIpc) is 3.24. The van der Waals surface area contributed by atoms with E-state index in [0.29, 0.717) is 0 Å². The monoisotopic (exact) mass is 307 g/mol. The topological polar surface area (TPSA) is 38.3 Å². The maximum atomic E-state index is 6.65. The molecule has 4 nitrogen and oxygen atoms in total. The molecule has 2 aliphatic heterocycles. The Labute approximate surface area is 136 Å². The number of nitrogens with zero attached hydrogens (tertiary/aromatic N) is 3. The first kappa shape index (κ1) is 13.6. The Bertz CT molecular complexity index is 716. The first-order valence-electron chi connectivity index (χ1n) is 8.60. The maximum absolute atomic E-state index is 6.65. The van der Waals surface area contributed by atoms with E-state index >= 15 is 0 Å². The Kier molecular flexibility index (Phi) is 3.03. The summed E-state index contributed by atoms with van der Waals surface area (Å²) >= 11 is 0. The molecular formula is C19H21N3O. The number of hydrogen-bond donors (Lipinski definition) is 0. The normalized spacial score (nSPS) is 30.0. The number of hydrogen-bond acceptors (Lipinski definition) is 4. The molecule has 1 saturated heterocycles. The molecule has 0 N–H and O–H groups in total. The van der Waals surface area contributed by atoms with Gasteiger partial charge in [-0.25, -0.2) is 0 Å². The van der Waals surface area contributed by atoms with Gasteiger partial charge in [-0.1, -0.05) is 24.3 Å². The summed E-state index contributed by atoms with van der Waals surface area (Å²) in [6.45, 7) is 3.39. The molecule has 118 valence electrons. The Balaban J connectivity index is 1.49. The Morgan fingerprint density at radius 1 is 1.22 bits per heavy atom. The smallest absolute Gasteiger partial charge is 0.128 e. The van der Waals surface area contributed by atoms with Gasteiger partial charge in [0.2, 0.25) is 0 Å². The molecule has 4 heteroatoms. The minimum atomic E-state index is -0.159. The molecule has 1 saturated carbocycles. The van der Waals surface area contributed by atoms with Gasteiger partial charge in [-0.2, -0.15) is 0 Å². The quantitative estimate of drug-likeness (QED) is 0.874. The number of rotatable bonds is 3. The van der Waals surface area contributed by atoms with Gasteiger partial charge in [0.05, 0.1) is 11.9 Å². The second-order valence-electron chi connectivity index (χ2n) is 7.14. The van der Waals surface area contributed by atoms with Crippen LogP contribution in [0.5, 0.6) is 0 Å². The molecular weight excluding hydrogens is 286 g/mol. The molecule has 2 atom stereocenters. The third-order valence-corrected chi connectivity index (χ3v) is 5.45. The van der Waals surface area contributed by atoms with Gasteiger partial charge >= 0.3 is 0 Å². The lowest BCUT2D eigenvalue weighted by molar-refractivity contribution is -0.0548. The molecule has 2 fully saturated rings. The lowest BCUT2D eigenvalue weighted by Crippen LogP contribution is -2.32. The van der Waals surface area contributed by atoms with Crippen molar-refractivity contribution in [3.63, 3.8) is 0 Å². The van der Waals surface area contributed by atoms with E-state index < -0.39 is 0 Å². The number of fused-ring (bicyclic) bond motifs is 2. The van der Waals surface area contributed by atoms with Crippen molar-refractivity contribution in [2.75, 3.05) is 19.6 Å². The highest BCUT2D eigenvalue weighted by Gasteiger charge is 2.50.